The number of aliphatic hydroxyl groups is 1. The summed E-state index contributed by atoms with van der Waals surface area (Å²) in [7, 11) is 0. The Kier molecular flexibility index (Phi) is 4.51. The van der Waals surface area contributed by atoms with E-state index in [1.165, 1.54) is 31.5 Å². The predicted molar refractivity (Wildman–Crippen MR) is 102 cm³/mol. The van der Waals surface area contributed by atoms with Gasteiger partial charge in [-0.05, 0) is 56.6 Å². The smallest absolute Gasteiger partial charge is 0.0764 e. The third-order valence-corrected chi connectivity index (χ3v) is 5.30. The quantitative estimate of drug-likeness (QED) is 0.761. The second-order valence-electron chi connectivity index (χ2n) is 6.89. The van der Waals surface area contributed by atoms with Crippen molar-refractivity contribution in [1.29, 1.82) is 0 Å². The van der Waals surface area contributed by atoms with Crippen molar-refractivity contribution in [2.75, 3.05) is 13.1 Å². The molecule has 1 aliphatic rings. The van der Waals surface area contributed by atoms with Crippen LogP contribution < -0.4 is 0 Å². The van der Waals surface area contributed by atoms with Crippen LogP contribution in [0.2, 0.25) is 0 Å². The molecule has 3 aromatic rings. The van der Waals surface area contributed by atoms with Gasteiger partial charge >= 0.3 is 0 Å². The summed E-state index contributed by atoms with van der Waals surface area (Å²) in [5.41, 5.74) is 5.13. The Hall–Kier alpha value is -2.23. The highest BCUT2D eigenvalue weighted by molar-refractivity contribution is 5.83. The molecule has 0 radical (unpaired) electrons. The molecule has 2 aromatic carbocycles. The van der Waals surface area contributed by atoms with Gasteiger partial charge in [-0.15, -0.1) is 0 Å². The number of rotatable bonds is 4. The summed E-state index contributed by atoms with van der Waals surface area (Å²) in [5.74, 6) is 0. The molecular formula is C22H24N2O. The van der Waals surface area contributed by atoms with Crippen LogP contribution in [0.5, 0.6) is 0 Å². The minimum absolute atomic E-state index is 0.000919. The van der Waals surface area contributed by atoms with Crippen LogP contribution in [0.4, 0.5) is 0 Å². The van der Waals surface area contributed by atoms with Gasteiger partial charge in [0.15, 0.2) is 0 Å². The van der Waals surface area contributed by atoms with Crippen LogP contribution in [0.15, 0.2) is 54.6 Å². The lowest BCUT2D eigenvalue weighted by Crippen LogP contribution is -2.23. The SMILES string of the molecule is CC(c1cccc(-c2nc3ccccc3cc2CO)c1)N1CCCC1. The van der Waals surface area contributed by atoms with Crippen molar-refractivity contribution < 1.29 is 5.11 Å². The number of nitrogens with zero attached hydrogens (tertiary/aromatic N) is 2. The summed E-state index contributed by atoms with van der Waals surface area (Å²) in [6.07, 6.45) is 2.59. The third kappa shape index (κ3) is 3.17. The van der Waals surface area contributed by atoms with E-state index in [1.54, 1.807) is 0 Å². The maximum atomic E-state index is 9.84. The molecule has 1 N–H and O–H groups in total. The average molecular weight is 332 g/mol. The van der Waals surface area contributed by atoms with Gasteiger partial charge in [0.25, 0.3) is 0 Å². The molecular weight excluding hydrogens is 308 g/mol. The average Bonchev–Trinajstić information content (AvgIpc) is 3.21. The topological polar surface area (TPSA) is 36.4 Å². The number of aromatic nitrogens is 1. The predicted octanol–water partition coefficient (Wildman–Crippen LogP) is 4.55. The summed E-state index contributed by atoms with van der Waals surface area (Å²) in [6.45, 7) is 4.65. The number of likely N-dealkylation sites (tertiary alicyclic amines) is 1. The second kappa shape index (κ2) is 6.95. The lowest BCUT2D eigenvalue weighted by atomic mass is 9.99. The molecule has 1 atom stereocenters. The number of hydrogen-bond acceptors (Lipinski definition) is 3. The first-order valence-corrected chi connectivity index (χ1v) is 9.10. The highest BCUT2D eigenvalue weighted by atomic mass is 16.3. The van der Waals surface area contributed by atoms with E-state index in [1.807, 2.05) is 30.3 Å². The van der Waals surface area contributed by atoms with Crippen molar-refractivity contribution in [3.8, 4) is 11.3 Å². The third-order valence-electron chi connectivity index (χ3n) is 5.30. The van der Waals surface area contributed by atoms with E-state index in [4.69, 9.17) is 4.98 Å². The molecule has 2 heterocycles. The van der Waals surface area contributed by atoms with E-state index in [0.717, 1.165) is 27.7 Å². The van der Waals surface area contributed by atoms with E-state index in [9.17, 15) is 5.11 Å². The fourth-order valence-corrected chi connectivity index (χ4v) is 3.82. The number of hydrogen-bond donors (Lipinski definition) is 1. The molecule has 1 aromatic heterocycles. The minimum Gasteiger partial charge on any atom is -0.392 e. The van der Waals surface area contributed by atoms with Gasteiger partial charge in [-0.3, -0.25) is 4.90 Å². The number of para-hydroxylation sites is 1. The van der Waals surface area contributed by atoms with Gasteiger partial charge in [-0.2, -0.15) is 0 Å². The van der Waals surface area contributed by atoms with Crippen molar-refractivity contribution in [3.05, 3.63) is 65.7 Å². The molecule has 0 aliphatic carbocycles. The molecule has 1 aliphatic heterocycles. The molecule has 3 nitrogen and oxygen atoms in total. The molecule has 1 fully saturated rings. The van der Waals surface area contributed by atoms with Gasteiger partial charge in [0, 0.05) is 22.6 Å². The number of aliphatic hydroxyl groups excluding tert-OH is 1. The first kappa shape index (κ1) is 16.2. The van der Waals surface area contributed by atoms with Crippen molar-refractivity contribution in [1.82, 2.24) is 9.88 Å². The van der Waals surface area contributed by atoms with Crippen molar-refractivity contribution in [2.45, 2.75) is 32.4 Å². The summed E-state index contributed by atoms with van der Waals surface area (Å²) >= 11 is 0. The molecule has 0 amide bonds. The van der Waals surface area contributed by atoms with E-state index in [-0.39, 0.29) is 6.61 Å². The first-order valence-electron chi connectivity index (χ1n) is 9.10. The first-order chi connectivity index (χ1) is 12.3. The number of fused-ring (bicyclic) bond motifs is 1. The summed E-state index contributed by atoms with van der Waals surface area (Å²) in [4.78, 5) is 7.38. The van der Waals surface area contributed by atoms with E-state index < -0.39 is 0 Å². The van der Waals surface area contributed by atoms with Crippen LogP contribution in [0.25, 0.3) is 22.2 Å². The zero-order chi connectivity index (χ0) is 17.2. The van der Waals surface area contributed by atoms with Crippen LogP contribution in [0.3, 0.4) is 0 Å². The Morgan fingerprint density at radius 1 is 1.04 bits per heavy atom. The van der Waals surface area contributed by atoms with E-state index >= 15 is 0 Å². The van der Waals surface area contributed by atoms with Gasteiger partial charge in [0.05, 0.1) is 17.8 Å². The summed E-state index contributed by atoms with van der Waals surface area (Å²) < 4.78 is 0. The highest BCUT2D eigenvalue weighted by Crippen LogP contribution is 2.30. The Morgan fingerprint density at radius 2 is 1.84 bits per heavy atom. The van der Waals surface area contributed by atoms with Crippen molar-refractivity contribution in [3.63, 3.8) is 0 Å². The molecule has 0 spiro atoms. The molecule has 3 heteroatoms. The Balaban J connectivity index is 1.76. The van der Waals surface area contributed by atoms with Gasteiger partial charge in [-0.25, -0.2) is 4.98 Å². The maximum absolute atomic E-state index is 9.84. The zero-order valence-electron chi connectivity index (χ0n) is 14.7. The van der Waals surface area contributed by atoms with Gasteiger partial charge in [0.2, 0.25) is 0 Å². The Labute approximate surface area is 148 Å². The van der Waals surface area contributed by atoms with Crippen LogP contribution in [0, 0.1) is 0 Å². The monoisotopic (exact) mass is 332 g/mol. The van der Waals surface area contributed by atoms with Crippen molar-refractivity contribution >= 4 is 10.9 Å². The Bertz CT molecular complexity index is 884. The van der Waals surface area contributed by atoms with Gasteiger partial charge < -0.3 is 5.11 Å². The van der Waals surface area contributed by atoms with Crippen LogP contribution in [-0.2, 0) is 6.61 Å². The van der Waals surface area contributed by atoms with Gasteiger partial charge in [-0.1, -0.05) is 36.4 Å². The highest BCUT2D eigenvalue weighted by Gasteiger charge is 2.20. The second-order valence-corrected chi connectivity index (χ2v) is 6.89. The fraction of sp³-hybridized carbons (Fsp3) is 0.318. The molecule has 0 saturated carbocycles. The zero-order valence-corrected chi connectivity index (χ0v) is 14.7. The molecule has 128 valence electrons. The van der Waals surface area contributed by atoms with Crippen LogP contribution in [-0.4, -0.2) is 28.1 Å². The standard InChI is InChI=1S/C22H24N2O/c1-16(24-11-4-5-12-24)17-8-6-9-19(13-17)22-20(15-25)14-18-7-2-3-10-21(18)23-22/h2-3,6-10,13-14,16,25H,4-5,11-12,15H2,1H3. The van der Waals surface area contributed by atoms with Crippen molar-refractivity contribution in [2.24, 2.45) is 0 Å². The number of pyridine rings is 1. The molecule has 1 saturated heterocycles. The summed E-state index contributed by atoms with van der Waals surface area (Å²) in [5, 5.41) is 10.9. The van der Waals surface area contributed by atoms with Gasteiger partial charge in [0.1, 0.15) is 0 Å². The lowest BCUT2D eigenvalue weighted by molar-refractivity contribution is 0.263. The largest absolute Gasteiger partial charge is 0.392 e. The normalized spacial score (nSPS) is 16.4. The molecule has 4 rings (SSSR count). The maximum Gasteiger partial charge on any atom is 0.0764 e. The minimum atomic E-state index is -0.000919. The van der Waals surface area contributed by atoms with Crippen LogP contribution in [0.1, 0.15) is 36.9 Å². The van der Waals surface area contributed by atoms with E-state index in [2.05, 4.69) is 36.1 Å². The fourth-order valence-electron chi connectivity index (χ4n) is 3.82. The number of benzene rings is 2. The Morgan fingerprint density at radius 3 is 2.64 bits per heavy atom. The van der Waals surface area contributed by atoms with Crippen LogP contribution >= 0.6 is 0 Å². The lowest BCUT2D eigenvalue weighted by Gasteiger charge is -2.24. The molecule has 0 bridgehead atoms. The summed E-state index contributed by atoms with van der Waals surface area (Å²) in [6, 6.07) is 19.2. The molecule has 1 unspecified atom stereocenters. The van der Waals surface area contributed by atoms with E-state index in [0.29, 0.717) is 6.04 Å². The molecule has 25 heavy (non-hydrogen) atoms.